The van der Waals surface area contributed by atoms with E-state index in [1.165, 1.54) is 0 Å². The standard InChI is InChI=1S/C45H75NO30/c1-6-17(3)65-34-29(58)25(54)18(13-47)67-42(34)71-36-31(60)27(56)20(15-49)69-44(36)72-35-30(59)26(55)19(14-48)68-43(35)70-33-28(57)21(16-50)66-41(32(33)61)73-38-37(76-64-7-2)39(74-40(38)62)45(4,5)63-12-8-9-24(53)75-46-22(51)10-11-23(46)52/h17-21,25-44,47-50,54-62H,6-16H2,1-5H3/t17?,18?,19?,20?,21?,25-,26+,27-,28+,29?,30?,31?,32?,33?,34?,35?,36?,37?,38?,39-,40+,41+,42+,43+,44+/m0/s1. The fourth-order valence-corrected chi connectivity index (χ4v) is 9.28. The Morgan fingerprint density at radius 3 is 1.53 bits per heavy atom. The molecule has 440 valence electrons. The molecule has 2 amide bonds. The fraction of sp³-hybridized carbons (Fsp3) is 0.933. The molecule has 0 aromatic carbocycles. The second-order valence-electron chi connectivity index (χ2n) is 19.6. The van der Waals surface area contributed by atoms with E-state index >= 15 is 0 Å². The summed E-state index contributed by atoms with van der Waals surface area (Å²) in [7, 11) is 0. The summed E-state index contributed by atoms with van der Waals surface area (Å²) in [5.74, 6) is -2.17. The van der Waals surface area contributed by atoms with Crippen molar-refractivity contribution in [2.75, 3.05) is 39.6 Å². The van der Waals surface area contributed by atoms with Gasteiger partial charge in [-0.05, 0) is 40.5 Å². The molecule has 0 bridgehead atoms. The second-order valence-corrected chi connectivity index (χ2v) is 19.6. The van der Waals surface area contributed by atoms with E-state index in [1.807, 2.05) is 0 Å². The summed E-state index contributed by atoms with van der Waals surface area (Å²) in [6.07, 6.45) is -44.2. The Kier molecular flexibility index (Phi) is 23.0. The first-order chi connectivity index (χ1) is 36.0. The van der Waals surface area contributed by atoms with E-state index in [4.69, 9.17) is 66.7 Å². The van der Waals surface area contributed by atoms with Crippen molar-refractivity contribution in [1.82, 2.24) is 5.06 Å². The Hall–Kier alpha value is -2.43. The van der Waals surface area contributed by atoms with Gasteiger partial charge in [-0.25, -0.2) is 14.6 Å². The molecular weight excluding hydrogens is 1030 g/mol. The molecule has 6 fully saturated rings. The molecule has 0 radical (unpaired) electrons. The zero-order valence-corrected chi connectivity index (χ0v) is 42.4. The molecule has 15 unspecified atom stereocenters. The topological polar surface area (TPSA) is 447 Å². The predicted octanol–water partition coefficient (Wildman–Crippen LogP) is -7.30. The number of aliphatic hydroxyl groups excluding tert-OH is 13. The second kappa shape index (κ2) is 27.8. The van der Waals surface area contributed by atoms with Crippen molar-refractivity contribution in [2.24, 2.45) is 0 Å². The largest absolute Gasteiger partial charge is 0.394 e. The van der Waals surface area contributed by atoms with Crippen molar-refractivity contribution in [3.63, 3.8) is 0 Å². The molecule has 6 aliphatic heterocycles. The smallest absolute Gasteiger partial charge is 0.333 e. The molecule has 0 spiro atoms. The molecule has 31 heteroatoms. The van der Waals surface area contributed by atoms with E-state index in [2.05, 4.69) is 0 Å². The lowest BCUT2D eigenvalue weighted by atomic mass is 9.94. The van der Waals surface area contributed by atoms with Gasteiger partial charge in [-0.1, -0.05) is 6.92 Å². The Morgan fingerprint density at radius 1 is 0.592 bits per heavy atom. The molecule has 76 heavy (non-hydrogen) atoms. The van der Waals surface area contributed by atoms with Gasteiger partial charge in [0.15, 0.2) is 37.6 Å². The highest BCUT2D eigenvalue weighted by Gasteiger charge is 2.59. The minimum atomic E-state index is -2.14. The lowest BCUT2D eigenvalue weighted by molar-refractivity contribution is -0.408. The number of hydroxylamine groups is 2. The lowest BCUT2D eigenvalue weighted by Crippen LogP contribution is -2.68. The highest BCUT2D eigenvalue weighted by Crippen LogP contribution is 2.39. The maximum absolute atomic E-state index is 12.4. The van der Waals surface area contributed by atoms with Crippen LogP contribution in [0.5, 0.6) is 0 Å². The molecule has 0 aliphatic carbocycles. The minimum absolute atomic E-state index is 0.0351. The van der Waals surface area contributed by atoms with Crippen LogP contribution in [0, 0.1) is 0 Å². The van der Waals surface area contributed by atoms with Crippen LogP contribution in [0.3, 0.4) is 0 Å². The van der Waals surface area contributed by atoms with Crippen molar-refractivity contribution in [3.05, 3.63) is 0 Å². The first-order valence-corrected chi connectivity index (χ1v) is 25.1. The number of rotatable bonds is 25. The third kappa shape index (κ3) is 14.2. The Balaban J connectivity index is 1.21. The molecule has 6 saturated heterocycles. The van der Waals surface area contributed by atoms with Gasteiger partial charge in [0.25, 0.3) is 11.8 Å². The highest BCUT2D eigenvalue weighted by atomic mass is 17.2. The first kappa shape index (κ1) is 62.8. The van der Waals surface area contributed by atoms with E-state index in [9.17, 15) is 80.8 Å². The SMILES string of the molecule is CCOOC1C(O[C@H]2OC(CO)[C@@H](O)C(O[C@H]3OC(CO)[C@@H](O)C(O)C3O[C@H]3OC(CO)[C@H](O)C(O)C3O[C@H]3OC(CO)[C@H](O)C(O)C3OC(C)CC)C2O)[C@H](O)O[C@@H]1C(C)(C)OCCCC(=O)ON1C(=O)CCC1=O. The number of carbonyl (C=O) groups is 3. The summed E-state index contributed by atoms with van der Waals surface area (Å²) in [5.41, 5.74) is -1.38. The number of amides is 2. The lowest BCUT2D eigenvalue weighted by Gasteiger charge is -2.50. The van der Waals surface area contributed by atoms with Gasteiger partial charge in [-0.3, -0.25) is 9.59 Å². The van der Waals surface area contributed by atoms with E-state index < -0.39 is 203 Å². The molecule has 6 rings (SSSR count). The molecule has 0 aromatic rings. The number of aliphatic hydroxyl groups is 13. The molecule has 6 aliphatic rings. The molecular formula is C45H75NO30. The molecule has 6 heterocycles. The summed E-state index contributed by atoms with van der Waals surface area (Å²) < 4.78 is 65.2. The van der Waals surface area contributed by atoms with E-state index in [0.717, 1.165) is 0 Å². The van der Waals surface area contributed by atoms with Crippen LogP contribution in [-0.4, -0.2) is 288 Å². The van der Waals surface area contributed by atoms with Gasteiger partial charge in [-0.2, -0.15) is 0 Å². The summed E-state index contributed by atoms with van der Waals surface area (Å²) in [6, 6.07) is 0. The average molecular weight is 1110 g/mol. The van der Waals surface area contributed by atoms with Gasteiger partial charge in [-0.15, -0.1) is 5.06 Å². The van der Waals surface area contributed by atoms with Crippen LogP contribution in [0.2, 0.25) is 0 Å². The molecule has 13 N–H and O–H groups in total. The van der Waals surface area contributed by atoms with E-state index in [0.29, 0.717) is 11.5 Å². The fourth-order valence-electron chi connectivity index (χ4n) is 9.28. The van der Waals surface area contributed by atoms with Crippen LogP contribution in [0.4, 0.5) is 0 Å². The van der Waals surface area contributed by atoms with Crippen molar-refractivity contribution in [1.29, 1.82) is 0 Å². The predicted molar refractivity (Wildman–Crippen MR) is 239 cm³/mol. The van der Waals surface area contributed by atoms with Crippen LogP contribution in [-0.2, 0) is 81.1 Å². The van der Waals surface area contributed by atoms with Gasteiger partial charge in [0, 0.05) is 19.4 Å². The Labute approximate surface area is 435 Å². The summed E-state index contributed by atoms with van der Waals surface area (Å²) in [4.78, 5) is 51.8. The van der Waals surface area contributed by atoms with Crippen LogP contribution in [0.25, 0.3) is 0 Å². The number of ether oxygens (including phenoxy) is 11. The molecule has 0 aromatic heterocycles. The van der Waals surface area contributed by atoms with Gasteiger partial charge in [0.05, 0.1) is 51.2 Å². The van der Waals surface area contributed by atoms with Crippen LogP contribution in [0.15, 0.2) is 0 Å². The van der Waals surface area contributed by atoms with Crippen molar-refractivity contribution >= 4 is 17.8 Å². The summed E-state index contributed by atoms with van der Waals surface area (Å²) in [5, 5.41) is 143. The van der Waals surface area contributed by atoms with Crippen LogP contribution < -0.4 is 0 Å². The third-order valence-electron chi connectivity index (χ3n) is 13.8. The molecule has 0 saturated carbocycles. The number of hydrogen-bond donors (Lipinski definition) is 13. The zero-order valence-electron chi connectivity index (χ0n) is 42.4. The number of carbonyl (C=O) groups excluding carboxylic acids is 3. The normalized spacial score (nSPS) is 42.9. The van der Waals surface area contributed by atoms with Crippen LogP contribution >= 0.6 is 0 Å². The van der Waals surface area contributed by atoms with Gasteiger partial charge >= 0.3 is 5.97 Å². The maximum Gasteiger partial charge on any atom is 0.333 e. The summed E-state index contributed by atoms with van der Waals surface area (Å²) in [6.45, 7) is 4.17. The monoisotopic (exact) mass is 1110 g/mol. The summed E-state index contributed by atoms with van der Waals surface area (Å²) >= 11 is 0. The zero-order chi connectivity index (χ0) is 55.9. The number of nitrogens with zero attached hydrogens (tertiary/aromatic N) is 1. The third-order valence-corrected chi connectivity index (χ3v) is 13.8. The molecule has 31 nitrogen and oxygen atoms in total. The van der Waals surface area contributed by atoms with E-state index in [-0.39, 0.29) is 38.9 Å². The Morgan fingerprint density at radius 2 is 1.04 bits per heavy atom. The van der Waals surface area contributed by atoms with E-state index in [1.54, 1.807) is 34.6 Å². The van der Waals surface area contributed by atoms with Gasteiger partial charge < -0.3 is 123 Å². The maximum atomic E-state index is 12.4. The molecule has 25 atom stereocenters. The van der Waals surface area contributed by atoms with Crippen molar-refractivity contribution < 1.29 is 147 Å². The number of hydrogen-bond acceptors (Lipinski definition) is 30. The van der Waals surface area contributed by atoms with Crippen molar-refractivity contribution in [2.45, 2.75) is 226 Å². The Bertz CT molecular complexity index is 1820. The van der Waals surface area contributed by atoms with Crippen LogP contribution in [0.1, 0.15) is 66.7 Å². The number of imide groups is 1. The van der Waals surface area contributed by atoms with Gasteiger partial charge in [0.2, 0.25) is 0 Å². The van der Waals surface area contributed by atoms with Crippen molar-refractivity contribution in [3.8, 4) is 0 Å². The highest BCUT2D eigenvalue weighted by molar-refractivity contribution is 6.01. The quantitative estimate of drug-likeness (QED) is 0.0175. The average Bonchev–Trinajstić information content (AvgIpc) is 3.89. The van der Waals surface area contributed by atoms with Gasteiger partial charge in [0.1, 0.15) is 110 Å². The minimum Gasteiger partial charge on any atom is -0.394 e. The first-order valence-electron chi connectivity index (χ1n) is 25.1.